The van der Waals surface area contributed by atoms with E-state index in [1.54, 1.807) is 0 Å². The first-order valence-electron chi connectivity index (χ1n) is 3.46. The molecule has 0 aromatic heterocycles. The van der Waals surface area contributed by atoms with E-state index in [1.807, 2.05) is 0 Å². The Morgan fingerprint density at radius 1 is 1.12 bits per heavy atom. The van der Waals surface area contributed by atoms with Crippen molar-refractivity contribution in [2.24, 2.45) is 11.8 Å². The lowest BCUT2D eigenvalue weighted by Crippen LogP contribution is -1.93. The number of hydrogen-bond donors (Lipinski definition) is 0. The van der Waals surface area contributed by atoms with E-state index in [9.17, 15) is 0 Å². The Balaban J connectivity index is 2.93. The molecule has 0 nitrogen and oxygen atoms in total. The minimum absolute atomic E-state index is 0.761. The van der Waals surface area contributed by atoms with Gasteiger partial charge < -0.3 is 6.42 Å². The van der Waals surface area contributed by atoms with Crippen LogP contribution in [-0.2, 0) is 0 Å². The molecule has 0 atom stereocenters. The predicted octanol–water partition coefficient (Wildman–Crippen LogP) is 2.89. The molecule has 0 aromatic rings. The molecule has 50 valence electrons. The van der Waals surface area contributed by atoms with Crippen LogP contribution in [0.25, 0.3) is 0 Å². The fourth-order valence-corrected chi connectivity index (χ4v) is 0.544. The second kappa shape index (κ2) is 3.94. The Kier molecular flexibility index (Phi) is 3.94. The van der Waals surface area contributed by atoms with Crippen molar-refractivity contribution in [3.05, 3.63) is 6.42 Å². The molecule has 0 rings (SSSR count). The third-order valence-corrected chi connectivity index (χ3v) is 1.08. The third-order valence-electron chi connectivity index (χ3n) is 1.08. The maximum absolute atomic E-state index is 2.37. The molecule has 0 heterocycles. The molecule has 0 aromatic carbocycles. The lowest BCUT2D eigenvalue weighted by atomic mass is 10.0. The Bertz CT molecular complexity index is 36.0. The van der Waals surface area contributed by atoms with Crippen LogP contribution >= 0.6 is 0 Å². The van der Waals surface area contributed by atoms with Crippen molar-refractivity contribution in [2.45, 2.75) is 34.1 Å². The van der Waals surface area contributed by atoms with Gasteiger partial charge in [0.2, 0.25) is 0 Å². The van der Waals surface area contributed by atoms with Gasteiger partial charge in [-0.2, -0.15) is 12.3 Å². The van der Waals surface area contributed by atoms with Gasteiger partial charge in [-0.25, -0.2) is 0 Å². The average molecular weight is 113 g/mol. The fraction of sp³-hybridized carbons (Fsp3) is 0.875. The molecule has 0 saturated carbocycles. The van der Waals surface area contributed by atoms with E-state index in [2.05, 4.69) is 34.1 Å². The van der Waals surface area contributed by atoms with Crippen molar-refractivity contribution < 1.29 is 0 Å². The fourth-order valence-electron chi connectivity index (χ4n) is 0.544. The monoisotopic (exact) mass is 113 g/mol. The molecular formula is C8H17-. The summed E-state index contributed by atoms with van der Waals surface area (Å²) in [5.41, 5.74) is 0. The molecule has 0 heteroatoms. The SMILES string of the molecule is CC(C)[CH-]CC(C)C. The summed E-state index contributed by atoms with van der Waals surface area (Å²) in [5, 5.41) is 0. The predicted molar refractivity (Wildman–Crippen MR) is 38.6 cm³/mol. The summed E-state index contributed by atoms with van der Waals surface area (Å²) in [6, 6.07) is 0. The zero-order chi connectivity index (χ0) is 6.57. The van der Waals surface area contributed by atoms with Crippen molar-refractivity contribution in [3.8, 4) is 0 Å². The van der Waals surface area contributed by atoms with Crippen molar-refractivity contribution in [1.29, 1.82) is 0 Å². The van der Waals surface area contributed by atoms with Gasteiger partial charge in [-0.1, -0.05) is 33.6 Å². The van der Waals surface area contributed by atoms with E-state index in [0.29, 0.717) is 0 Å². The average Bonchev–Trinajstić information content (AvgIpc) is 1.61. The van der Waals surface area contributed by atoms with E-state index in [4.69, 9.17) is 0 Å². The quantitative estimate of drug-likeness (QED) is 0.494. The molecule has 0 N–H and O–H groups in total. The van der Waals surface area contributed by atoms with Crippen LogP contribution < -0.4 is 0 Å². The Labute approximate surface area is 53.3 Å². The van der Waals surface area contributed by atoms with Gasteiger partial charge in [0.05, 0.1) is 0 Å². The van der Waals surface area contributed by atoms with Crippen molar-refractivity contribution in [2.75, 3.05) is 0 Å². The molecule has 0 saturated heterocycles. The van der Waals surface area contributed by atoms with Gasteiger partial charge in [-0.15, -0.1) is 0 Å². The summed E-state index contributed by atoms with van der Waals surface area (Å²) in [6.07, 6.45) is 3.63. The lowest BCUT2D eigenvalue weighted by molar-refractivity contribution is 0.580. The highest BCUT2D eigenvalue weighted by atomic mass is 14.0. The molecule has 0 aliphatic rings. The van der Waals surface area contributed by atoms with Crippen molar-refractivity contribution in [3.63, 3.8) is 0 Å². The van der Waals surface area contributed by atoms with Crippen LogP contribution in [0.3, 0.4) is 0 Å². The van der Waals surface area contributed by atoms with Crippen LogP contribution in [-0.4, -0.2) is 0 Å². The van der Waals surface area contributed by atoms with E-state index in [1.165, 1.54) is 6.42 Å². The van der Waals surface area contributed by atoms with Crippen molar-refractivity contribution >= 4 is 0 Å². The minimum atomic E-state index is 0.761. The number of rotatable bonds is 3. The van der Waals surface area contributed by atoms with E-state index >= 15 is 0 Å². The van der Waals surface area contributed by atoms with Crippen LogP contribution in [0, 0.1) is 18.3 Å². The summed E-state index contributed by atoms with van der Waals surface area (Å²) in [7, 11) is 0. The molecule has 0 unspecified atom stereocenters. The van der Waals surface area contributed by atoms with Gasteiger partial charge in [-0.3, -0.25) is 0 Å². The van der Waals surface area contributed by atoms with Gasteiger partial charge in [0, 0.05) is 0 Å². The highest BCUT2D eigenvalue weighted by Gasteiger charge is 1.85. The molecule has 0 bridgehead atoms. The van der Waals surface area contributed by atoms with Gasteiger partial charge in [0.15, 0.2) is 0 Å². The summed E-state index contributed by atoms with van der Waals surface area (Å²) >= 11 is 0. The Morgan fingerprint density at radius 2 is 1.62 bits per heavy atom. The summed E-state index contributed by atoms with van der Waals surface area (Å²) in [4.78, 5) is 0. The molecule has 0 amide bonds. The van der Waals surface area contributed by atoms with Crippen molar-refractivity contribution in [1.82, 2.24) is 0 Å². The topological polar surface area (TPSA) is 0 Å². The van der Waals surface area contributed by atoms with Gasteiger partial charge in [-0.05, 0) is 0 Å². The standard InChI is InChI=1S/C8H17/c1-7(2)5-6-8(3)4/h5,7-8H,6H2,1-4H3/q-1. The largest absolute Gasteiger partial charge is 0.326 e. The maximum Gasteiger partial charge on any atom is -0.0652 e. The Morgan fingerprint density at radius 3 is 1.75 bits per heavy atom. The Hall–Kier alpha value is 0. The highest BCUT2D eigenvalue weighted by molar-refractivity contribution is 4.69. The minimum Gasteiger partial charge on any atom is -0.326 e. The first kappa shape index (κ1) is 8.00. The summed E-state index contributed by atoms with van der Waals surface area (Å²) in [6.45, 7) is 8.95. The zero-order valence-electron chi connectivity index (χ0n) is 6.44. The van der Waals surface area contributed by atoms with E-state index in [0.717, 1.165) is 11.8 Å². The summed E-state index contributed by atoms with van der Waals surface area (Å²) in [5.74, 6) is 1.59. The van der Waals surface area contributed by atoms with Crippen LogP contribution in [0.15, 0.2) is 0 Å². The smallest absolute Gasteiger partial charge is 0.0652 e. The lowest BCUT2D eigenvalue weighted by Gasteiger charge is -2.17. The molecule has 0 spiro atoms. The second-order valence-electron chi connectivity index (χ2n) is 3.11. The summed E-state index contributed by atoms with van der Waals surface area (Å²) < 4.78 is 0. The maximum atomic E-state index is 2.37. The molecule has 0 radical (unpaired) electrons. The number of hydrogen-bond acceptors (Lipinski definition) is 0. The molecule has 0 fully saturated rings. The van der Waals surface area contributed by atoms with Crippen LogP contribution in [0.2, 0.25) is 0 Å². The zero-order valence-corrected chi connectivity index (χ0v) is 6.44. The van der Waals surface area contributed by atoms with Crippen LogP contribution in [0.5, 0.6) is 0 Å². The highest BCUT2D eigenvalue weighted by Crippen LogP contribution is 2.08. The molecule has 0 aliphatic carbocycles. The molecule has 8 heavy (non-hydrogen) atoms. The first-order chi connectivity index (χ1) is 3.63. The third kappa shape index (κ3) is 6.00. The van der Waals surface area contributed by atoms with E-state index < -0.39 is 0 Å². The van der Waals surface area contributed by atoms with Crippen LogP contribution in [0.4, 0.5) is 0 Å². The van der Waals surface area contributed by atoms with Gasteiger partial charge >= 0.3 is 0 Å². The van der Waals surface area contributed by atoms with Gasteiger partial charge in [0.1, 0.15) is 0 Å². The normalized spacial score (nSPS) is 11.2. The van der Waals surface area contributed by atoms with Crippen LogP contribution in [0.1, 0.15) is 34.1 Å². The second-order valence-corrected chi connectivity index (χ2v) is 3.11. The molecule has 0 aliphatic heterocycles. The van der Waals surface area contributed by atoms with E-state index in [-0.39, 0.29) is 0 Å². The van der Waals surface area contributed by atoms with Gasteiger partial charge in [0.25, 0.3) is 0 Å². The first-order valence-corrected chi connectivity index (χ1v) is 3.46. The molecular weight excluding hydrogens is 96.1 g/mol.